The normalized spacial score (nSPS) is 13.2. The third kappa shape index (κ3) is 4.60. The third-order valence-electron chi connectivity index (χ3n) is 4.41. The van der Waals surface area contributed by atoms with Gasteiger partial charge in [0.15, 0.2) is 5.60 Å². The fourth-order valence-corrected chi connectivity index (χ4v) is 3.75. The van der Waals surface area contributed by atoms with Crippen molar-refractivity contribution >= 4 is 45.0 Å². The number of methoxy groups -OCH3 is 1. The number of ketones is 1. The summed E-state index contributed by atoms with van der Waals surface area (Å²) in [6, 6.07) is 9.93. The van der Waals surface area contributed by atoms with Gasteiger partial charge in [-0.2, -0.15) is 5.26 Å². The van der Waals surface area contributed by atoms with E-state index >= 15 is 0 Å². The number of Topliss-reactive ketones (excluding diaryl/α,β-unsaturated/α-hetero) is 1. The third-order valence-corrected chi connectivity index (χ3v) is 5.48. The molecule has 0 aliphatic carbocycles. The molecule has 0 spiro atoms. The molecule has 1 aromatic carbocycles. The summed E-state index contributed by atoms with van der Waals surface area (Å²) in [6.45, 7) is 4.18. The van der Waals surface area contributed by atoms with Crippen LogP contribution in [-0.2, 0) is 14.3 Å². The standard InChI is InChI=1S/C21H18ClN3O5S/c1-20(2,17(26)21(3,11-23)18(27)28-4)30-14-7-5-13(6-8-14)29-19-25-15-9-12(22)10-24-16(15)31-19/h5-10H,1-4H3. The lowest BCUT2D eigenvalue weighted by molar-refractivity contribution is -0.158. The molecule has 1 unspecified atom stereocenters. The summed E-state index contributed by atoms with van der Waals surface area (Å²) >= 11 is 7.20. The number of benzene rings is 1. The average molecular weight is 460 g/mol. The van der Waals surface area contributed by atoms with Crippen LogP contribution in [-0.4, -0.2) is 34.4 Å². The van der Waals surface area contributed by atoms with Crippen molar-refractivity contribution in [2.45, 2.75) is 26.4 Å². The van der Waals surface area contributed by atoms with Gasteiger partial charge >= 0.3 is 5.97 Å². The first-order valence-corrected chi connectivity index (χ1v) is 10.2. The van der Waals surface area contributed by atoms with E-state index < -0.39 is 22.8 Å². The summed E-state index contributed by atoms with van der Waals surface area (Å²) < 4.78 is 16.1. The number of fused-ring (bicyclic) bond motifs is 1. The van der Waals surface area contributed by atoms with Gasteiger partial charge in [-0.25, -0.2) is 14.8 Å². The quantitative estimate of drug-likeness (QED) is 0.373. The molecule has 2 heterocycles. The van der Waals surface area contributed by atoms with Gasteiger partial charge in [-0.05, 0) is 51.1 Å². The molecule has 1 atom stereocenters. The van der Waals surface area contributed by atoms with Gasteiger partial charge in [0.25, 0.3) is 5.19 Å². The van der Waals surface area contributed by atoms with Crippen LogP contribution in [0.2, 0.25) is 5.02 Å². The molecule has 0 radical (unpaired) electrons. The number of ether oxygens (including phenoxy) is 3. The number of nitriles is 1. The number of hydrogen-bond donors (Lipinski definition) is 0. The van der Waals surface area contributed by atoms with E-state index in [4.69, 9.17) is 21.1 Å². The molecule has 0 fully saturated rings. The summed E-state index contributed by atoms with van der Waals surface area (Å²) in [6.07, 6.45) is 1.54. The van der Waals surface area contributed by atoms with Gasteiger partial charge < -0.3 is 14.2 Å². The number of pyridine rings is 1. The largest absolute Gasteiger partial charge is 0.480 e. The maximum absolute atomic E-state index is 12.8. The smallest absolute Gasteiger partial charge is 0.333 e. The molecule has 0 saturated carbocycles. The average Bonchev–Trinajstić information content (AvgIpc) is 3.14. The topological polar surface area (TPSA) is 111 Å². The molecule has 2 aromatic heterocycles. The maximum Gasteiger partial charge on any atom is 0.333 e. The highest BCUT2D eigenvalue weighted by atomic mass is 35.5. The van der Waals surface area contributed by atoms with Crippen LogP contribution in [0.3, 0.4) is 0 Å². The molecule has 10 heteroatoms. The molecule has 3 rings (SSSR count). The molecular formula is C21H18ClN3O5S. The van der Waals surface area contributed by atoms with Gasteiger partial charge in [-0.15, -0.1) is 0 Å². The Kier molecular flexibility index (Phi) is 6.15. The zero-order valence-corrected chi connectivity index (χ0v) is 18.7. The molecule has 0 N–H and O–H groups in total. The zero-order chi connectivity index (χ0) is 22.8. The zero-order valence-electron chi connectivity index (χ0n) is 17.1. The van der Waals surface area contributed by atoms with E-state index in [1.807, 2.05) is 0 Å². The lowest BCUT2D eigenvalue weighted by atomic mass is 9.79. The van der Waals surface area contributed by atoms with Crippen LogP contribution < -0.4 is 9.47 Å². The van der Waals surface area contributed by atoms with E-state index in [1.54, 1.807) is 42.6 Å². The number of thiazole rings is 1. The molecule has 0 saturated heterocycles. The van der Waals surface area contributed by atoms with Crippen LogP contribution in [0, 0.1) is 16.7 Å². The van der Waals surface area contributed by atoms with Crippen LogP contribution in [0.5, 0.6) is 16.7 Å². The highest BCUT2D eigenvalue weighted by Gasteiger charge is 2.50. The molecule has 8 nitrogen and oxygen atoms in total. The minimum atomic E-state index is -1.98. The summed E-state index contributed by atoms with van der Waals surface area (Å²) in [5.41, 5.74) is -2.80. The highest BCUT2D eigenvalue weighted by Crippen LogP contribution is 2.33. The Bertz CT molecular complexity index is 1190. The molecule has 160 valence electrons. The second-order valence-electron chi connectivity index (χ2n) is 7.20. The predicted molar refractivity (Wildman–Crippen MR) is 114 cm³/mol. The minimum Gasteiger partial charge on any atom is -0.480 e. The second-order valence-corrected chi connectivity index (χ2v) is 8.58. The van der Waals surface area contributed by atoms with Crippen molar-refractivity contribution < 1.29 is 23.8 Å². The van der Waals surface area contributed by atoms with Gasteiger partial charge in [0.05, 0.1) is 18.2 Å². The van der Waals surface area contributed by atoms with Crippen LogP contribution >= 0.6 is 22.9 Å². The number of carbonyl (C=O) groups excluding carboxylic acids is 2. The van der Waals surface area contributed by atoms with Gasteiger partial charge in [0.1, 0.15) is 21.8 Å². The van der Waals surface area contributed by atoms with Gasteiger partial charge in [-0.1, -0.05) is 22.9 Å². The Morgan fingerprint density at radius 2 is 1.81 bits per heavy atom. The van der Waals surface area contributed by atoms with Crippen molar-refractivity contribution in [2.24, 2.45) is 5.41 Å². The van der Waals surface area contributed by atoms with Crippen molar-refractivity contribution in [1.82, 2.24) is 9.97 Å². The lowest BCUT2D eigenvalue weighted by Crippen LogP contribution is -2.50. The first-order chi connectivity index (χ1) is 14.6. The predicted octanol–water partition coefficient (Wildman–Crippen LogP) is 4.57. The first kappa shape index (κ1) is 22.5. The van der Waals surface area contributed by atoms with Crippen molar-refractivity contribution in [3.63, 3.8) is 0 Å². The van der Waals surface area contributed by atoms with Crippen molar-refractivity contribution in [2.75, 3.05) is 7.11 Å². The Morgan fingerprint density at radius 3 is 2.42 bits per heavy atom. The maximum atomic E-state index is 12.8. The molecule has 0 aliphatic heterocycles. The molecule has 0 bridgehead atoms. The van der Waals surface area contributed by atoms with Crippen LogP contribution in [0.4, 0.5) is 0 Å². The summed E-state index contributed by atoms with van der Waals surface area (Å²) in [7, 11) is 1.12. The van der Waals surface area contributed by atoms with Crippen LogP contribution in [0.1, 0.15) is 20.8 Å². The Morgan fingerprint density at radius 1 is 1.16 bits per heavy atom. The fraction of sp³-hybridized carbons (Fsp3) is 0.286. The van der Waals surface area contributed by atoms with Crippen LogP contribution in [0.25, 0.3) is 10.3 Å². The van der Waals surface area contributed by atoms with Crippen molar-refractivity contribution in [1.29, 1.82) is 5.26 Å². The highest BCUT2D eigenvalue weighted by molar-refractivity contribution is 7.19. The Hall–Kier alpha value is -3.22. The van der Waals surface area contributed by atoms with E-state index in [0.29, 0.717) is 32.1 Å². The van der Waals surface area contributed by atoms with E-state index in [2.05, 4.69) is 14.7 Å². The summed E-state index contributed by atoms with van der Waals surface area (Å²) in [5.74, 6) is -0.797. The number of aromatic nitrogens is 2. The summed E-state index contributed by atoms with van der Waals surface area (Å²) in [5, 5.41) is 10.3. The molecule has 31 heavy (non-hydrogen) atoms. The Balaban J connectivity index is 1.74. The number of halogens is 1. The lowest BCUT2D eigenvalue weighted by Gasteiger charge is -2.30. The van der Waals surface area contributed by atoms with Crippen molar-refractivity contribution in [3.8, 4) is 22.8 Å². The molecule has 0 aliphatic rings. The number of rotatable bonds is 7. The monoisotopic (exact) mass is 459 g/mol. The van der Waals surface area contributed by atoms with E-state index in [0.717, 1.165) is 7.11 Å². The van der Waals surface area contributed by atoms with E-state index in [-0.39, 0.29) is 0 Å². The van der Waals surface area contributed by atoms with Gasteiger partial charge in [-0.3, -0.25) is 4.79 Å². The van der Waals surface area contributed by atoms with E-state index in [9.17, 15) is 14.9 Å². The number of esters is 1. The molecule has 3 aromatic rings. The van der Waals surface area contributed by atoms with Gasteiger partial charge in [0.2, 0.25) is 11.2 Å². The summed E-state index contributed by atoms with van der Waals surface area (Å²) in [4.78, 5) is 34.0. The SMILES string of the molecule is COC(=O)C(C)(C#N)C(=O)C(C)(C)Oc1ccc(Oc2nc3cc(Cl)cnc3s2)cc1. The number of hydrogen-bond acceptors (Lipinski definition) is 9. The first-order valence-electron chi connectivity index (χ1n) is 9.02. The molecular weight excluding hydrogens is 442 g/mol. The fourth-order valence-electron chi connectivity index (χ4n) is 2.84. The van der Waals surface area contributed by atoms with E-state index in [1.165, 1.54) is 32.1 Å². The number of carbonyl (C=O) groups is 2. The number of nitrogens with zero attached hydrogens (tertiary/aromatic N) is 3. The van der Waals surface area contributed by atoms with Crippen molar-refractivity contribution in [3.05, 3.63) is 41.6 Å². The second kappa shape index (κ2) is 8.49. The minimum absolute atomic E-state index is 0.355. The van der Waals surface area contributed by atoms with Crippen LogP contribution in [0.15, 0.2) is 36.5 Å². The molecule has 0 amide bonds. The Labute approximate surface area is 187 Å². The van der Waals surface area contributed by atoms with Gasteiger partial charge in [0, 0.05) is 6.20 Å².